The molecule has 2 aromatic rings. The molecule has 0 spiro atoms. The van der Waals surface area contributed by atoms with Gasteiger partial charge in [-0.2, -0.15) is 0 Å². The molecule has 2 nitrogen and oxygen atoms in total. The zero-order valence-electron chi connectivity index (χ0n) is 12.2. The molecule has 0 aliphatic heterocycles. The predicted octanol–water partition coefficient (Wildman–Crippen LogP) is 3.58. The minimum absolute atomic E-state index is 0.0837. The molecule has 1 atom stereocenters. The topological polar surface area (TPSA) is 29.3 Å². The largest absolute Gasteiger partial charge is 0.366 e. The van der Waals surface area contributed by atoms with Gasteiger partial charge in [-0.05, 0) is 54.8 Å². The van der Waals surface area contributed by atoms with Crippen LogP contribution in [0.25, 0.3) is 0 Å². The lowest BCUT2D eigenvalue weighted by atomic mass is 9.96. The van der Waals surface area contributed by atoms with Gasteiger partial charge in [-0.1, -0.05) is 18.2 Å². The first kappa shape index (κ1) is 14.5. The first-order valence-electron chi connectivity index (χ1n) is 6.79. The molecule has 0 aromatic heterocycles. The second-order valence-electron chi connectivity index (χ2n) is 5.13. The van der Waals surface area contributed by atoms with Gasteiger partial charge in [-0.3, -0.25) is 0 Å². The number of benzene rings is 2. The van der Waals surface area contributed by atoms with Crippen LogP contribution in [0.2, 0.25) is 0 Å². The number of nitrogens with two attached hydrogens (primary N) is 1. The number of rotatable bonds is 4. The summed E-state index contributed by atoms with van der Waals surface area (Å²) in [5, 5.41) is 0. The van der Waals surface area contributed by atoms with Crippen LogP contribution >= 0.6 is 0 Å². The van der Waals surface area contributed by atoms with E-state index in [0.29, 0.717) is 6.54 Å². The fraction of sp³-hybridized carbons (Fsp3) is 0.294. The van der Waals surface area contributed by atoms with Crippen molar-refractivity contribution in [3.63, 3.8) is 0 Å². The van der Waals surface area contributed by atoms with E-state index in [0.717, 1.165) is 5.69 Å². The van der Waals surface area contributed by atoms with Crippen LogP contribution in [0.3, 0.4) is 0 Å². The first-order valence-corrected chi connectivity index (χ1v) is 6.79. The molecule has 0 amide bonds. The summed E-state index contributed by atoms with van der Waals surface area (Å²) < 4.78 is 13.0. The molecule has 0 aliphatic carbocycles. The highest BCUT2D eigenvalue weighted by Gasteiger charge is 2.18. The average molecular weight is 272 g/mol. The van der Waals surface area contributed by atoms with Crippen LogP contribution in [-0.4, -0.2) is 13.6 Å². The molecule has 3 heteroatoms. The Morgan fingerprint density at radius 2 is 1.75 bits per heavy atom. The summed E-state index contributed by atoms with van der Waals surface area (Å²) in [5.41, 5.74) is 10.7. The molecule has 2 N–H and O–H groups in total. The van der Waals surface area contributed by atoms with Crippen molar-refractivity contribution in [3.8, 4) is 0 Å². The van der Waals surface area contributed by atoms with Crippen LogP contribution < -0.4 is 10.6 Å². The van der Waals surface area contributed by atoms with Crippen LogP contribution in [0, 0.1) is 19.7 Å². The highest BCUT2D eigenvalue weighted by molar-refractivity contribution is 5.50. The fourth-order valence-electron chi connectivity index (χ4n) is 2.48. The Morgan fingerprint density at radius 1 is 1.10 bits per heavy atom. The van der Waals surface area contributed by atoms with E-state index in [1.54, 1.807) is 12.1 Å². The molecule has 2 aromatic carbocycles. The summed E-state index contributed by atoms with van der Waals surface area (Å²) >= 11 is 0. The fourth-order valence-corrected chi connectivity index (χ4v) is 2.48. The summed E-state index contributed by atoms with van der Waals surface area (Å²) in [7, 11) is 1.99. The lowest BCUT2D eigenvalue weighted by Gasteiger charge is -2.31. The maximum absolute atomic E-state index is 13.0. The van der Waals surface area contributed by atoms with Crippen molar-refractivity contribution in [2.45, 2.75) is 19.9 Å². The average Bonchev–Trinajstić information content (AvgIpc) is 2.45. The van der Waals surface area contributed by atoms with Gasteiger partial charge in [0.05, 0.1) is 6.04 Å². The van der Waals surface area contributed by atoms with Crippen LogP contribution in [0.15, 0.2) is 42.5 Å². The van der Waals surface area contributed by atoms with Gasteiger partial charge >= 0.3 is 0 Å². The van der Waals surface area contributed by atoms with Crippen LogP contribution in [0.4, 0.5) is 10.1 Å². The van der Waals surface area contributed by atoms with Gasteiger partial charge in [0.15, 0.2) is 0 Å². The Labute approximate surface area is 120 Å². The highest BCUT2D eigenvalue weighted by Crippen LogP contribution is 2.28. The SMILES string of the molecule is Cc1cccc(C(CN)N(C)c2ccc(F)cc2)c1C. The van der Waals surface area contributed by atoms with Crippen molar-refractivity contribution in [2.75, 3.05) is 18.5 Å². The van der Waals surface area contributed by atoms with Crippen molar-refractivity contribution < 1.29 is 4.39 Å². The molecular formula is C17H21FN2. The molecule has 0 aliphatic rings. The van der Waals surface area contributed by atoms with Gasteiger partial charge in [0.1, 0.15) is 5.82 Å². The van der Waals surface area contributed by atoms with E-state index in [9.17, 15) is 4.39 Å². The number of hydrogen-bond donors (Lipinski definition) is 1. The van der Waals surface area contributed by atoms with Crippen molar-refractivity contribution in [1.82, 2.24) is 0 Å². The van der Waals surface area contributed by atoms with Crippen molar-refractivity contribution in [2.24, 2.45) is 5.73 Å². The molecule has 0 radical (unpaired) electrons. The second-order valence-corrected chi connectivity index (χ2v) is 5.13. The van der Waals surface area contributed by atoms with Crippen LogP contribution in [0.1, 0.15) is 22.7 Å². The Balaban J connectivity index is 2.36. The lowest BCUT2D eigenvalue weighted by molar-refractivity contribution is 0.626. The maximum atomic E-state index is 13.0. The molecule has 0 saturated heterocycles. The third kappa shape index (κ3) is 2.83. The lowest BCUT2D eigenvalue weighted by Crippen LogP contribution is -2.31. The van der Waals surface area contributed by atoms with E-state index in [-0.39, 0.29) is 11.9 Å². The van der Waals surface area contributed by atoms with Crippen molar-refractivity contribution >= 4 is 5.69 Å². The summed E-state index contributed by atoms with van der Waals surface area (Å²) in [6.07, 6.45) is 0. The standard InChI is InChI=1S/C17H21FN2/c1-12-5-4-6-16(13(12)2)17(11-19)20(3)15-9-7-14(18)8-10-15/h4-10,17H,11,19H2,1-3H3. The van der Waals surface area contributed by atoms with E-state index in [4.69, 9.17) is 5.73 Å². The monoisotopic (exact) mass is 272 g/mol. The summed E-state index contributed by atoms with van der Waals surface area (Å²) in [6.45, 7) is 4.73. The minimum atomic E-state index is -0.224. The third-order valence-corrected chi connectivity index (χ3v) is 3.93. The van der Waals surface area contributed by atoms with Crippen LogP contribution in [-0.2, 0) is 0 Å². The summed E-state index contributed by atoms with van der Waals surface area (Å²) in [4.78, 5) is 2.10. The molecule has 0 bridgehead atoms. The first-order chi connectivity index (χ1) is 9.54. The molecule has 1 unspecified atom stereocenters. The molecule has 0 heterocycles. The van der Waals surface area contributed by atoms with Crippen LogP contribution in [0.5, 0.6) is 0 Å². The van der Waals surface area contributed by atoms with Crippen molar-refractivity contribution in [1.29, 1.82) is 0 Å². The second kappa shape index (κ2) is 6.06. The summed E-state index contributed by atoms with van der Waals surface area (Å²) in [6, 6.07) is 12.9. The molecule has 0 saturated carbocycles. The quantitative estimate of drug-likeness (QED) is 0.921. The number of halogens is 1. The number of aryl methyl sites for hydroxylation is 1. The van der Waals surface area contributed by atoms with Gasteiger partial charge in [0.2, 0.25) is 0 Å². The minimum Gasteiger partial charge on any atom is -0.366 e. The zero-order chi connectivity index (χ0) is 14.7. The molecule has 20 heavy (non-hydrogen) atoms. The van der Waals surface area contributed by atoms with Gasteiger partial charge in [0, 0.05) is 19.3 Å². The van der Waals surface area contributed by atoms with E-state index in [1.165, 1.54) is 28.8 Å². The van der Waals surface area contributed by atoms with Gasteiger partial charge in [0.25, 0.3) is 0 Å². The van der Waals surface area contributed by atoms with E-state index < -0.39 is 0 Å². The highest BCUT2D eigenvalue weighted by atomic mass is 19.1. The Kier molecular flexibility index (Phi) is 4.40. The maximum Gasteiger partial charge on any atom is 0.123 e. The predicted molar refractivity (Wildman–Crippen MR) is 82.5 cm³/mol. The third-order valence-electron chi connectivity index (χ3n) is 3.93. The van der Waals surface area contributed by atoms with E-state index >= 15 is 0 Å². The summed E-state index contributed by atoms with van der Waals surface area (Å²) in [5.74, 6) is -0.224. The molecule has 2 rings (SSSR count). The Morgan fingerprint density at radius 3 is 2.35 bits per heavy atom. The number of likely N-dealkylation sites (N-methyl/N-ethyl adjacent to an activating group) is 1. The number of nitrogens with zero attached hydrogens (tertiary/aromatic N) is 1. The zero-order valence-corrected chi connectivity index (χ0v) is 12.2. The molecule has 0 fully saturated rings. The normalized spacial score (nSPS) is 12.2. The Hall–Kier alpha value is -1.87. The van der Waals surface area contributed by atoms with E-state index in [2.05, 4.69) is 36.9 Å². The molecule has 106 valence electrons. The Bertz CT molecular complexity index is 578. The number of hydrogen-bond acceptors (Lipinski definition) is 2. The van der Waals surface area contributed by atoms with E-state index in [1.807, 2.05) is 7.05 Å². The van der Waals surface area contributed by atoms with Gasteiger partial charge < -0.3 is 10.6 Å². The van der Waals surface area contributed by atoms with Crippen molar-refractivity contribution in [3.05, 3.63) is 65.0 Å². The van der Waals surface area contributed by atoms with Gasteiger partial charge in [-0.25, -0.2) is 4.39 Å². The van der Waals surface area contributed by atoms with Gasteiger partial charge in [-0.15, -0.1) is 0 Å². The smallest absolute Gasteiger partial charge is 0.123 e. The number of anilines is 1. The molecular weight excluding hydrogens is 251 g/mol.